The molecule has 0 spiro atoms. The van der Waals surface area contributed by atoms with Crippen LogP contribution in [0.4, 0.5) is 11.4 Å². The number of nitro benzene ring substituents is 1. The number of amides is 3. The Bertz CT molecular complexity index is 1190. The van der Waals surface area contributed by atoms with Crippen LogP contribution >= 0.6 is 27.5 Å². The number of hydrogen-bond donors (Lipinski definition) is 2. The van der Waals surface area contributed by atoms with Crippen LogP contribution in [0.3, 0.4) is 0 Å². The molecule has 2 N–H and O–H groups in total. The fourth-order valence-corrected chi connectivity index (χ4v) is 3.80. The molecule has 0 unspecified atom stereocenters. The average molecular weight is 554 g/mol. The van der Waals surface area contributed by atoms with Crippen molar-refractivity contribution in [3.8, 4) is 0 Å². The molecule has 3 rings (SSSR count). The van der Waals surface area contributed by atoms with Crippen molar-refractivity contribution in [3.63, 3.8) is 0 Å². The molecule has 0 bridgehead atoms. The van der Waals surface area contributed by atoms with E-state index in [-0.39, 0.29) is 18.5 Å². The summed E-state index contributed by atoms with van der Waals surface area (Å²) in [5, 5.41) is 15.0. The van der Waals surface area contributed by atoms with Crippen molar-refractivity contribution >= 4 is 62.6 Å². The number of carbonyl (C=O) groups excluding carboxylic acids is 4. The Morgan fingerprint density at radius 3 is 2.68 bits per heavy atom. The Kier molecular flexibility index (Phi) is 7.84. The molecule has 2 aromatic rings. The summed E-state index contributed by atoms with van der Waals surface area (Å²) in [5.74, 6) is -3.75. The number of rotatable bonds is 7. The number of nitrogens with one attached hydrogen (secondary N) is 2. The quantitative estimate of drug-likeness (QED) is 0.304. The number of ether oxygens (including phenoxy) is 1. The summed E-state index contributed by atoms with van der Waals surface area (Å²) < 4.78 is 5.68. The van der Waals surface area contributed by atoms with Gasteiger partial charge in [-0.05, 0) is 46.6 Å². The Morgan fingerprint density at radius 1 is 1.26 bits per heavy atom. The molecule has 1 aliphatic rings. The highest BCUT2D eigenvalue weighted by atomic mass is 79.9. The zero-order chi connectivity index (χ0) is 25.0. The van der Waals surface area contributed by atoms with Crippen LogP contribution in [-0.4, -0.2) is 46.8 Å². The van der Waals surface area contributed by atoms with Crippen LogP contribution in [0.25, 0.3) is 0 Å². The van der Waals surface area contributed by atoms with Crippen LogP contribution < -0.4 is 10.7 Å². The first-order valence-electron chi connectivity index (χ1n) is 9.84. The standard InChI is InChI=1S/C21H18BrClN4O7/c1-11-15(7-6-14(22)19(11)23)24-17(28)10-34-21(31)12-8-18(29)26(9-12)25-20(30)13-4-2-3-5-16(13)27(32)33/h2-7,12H,8-10H2,1H3,(H,24,28)(H,25,30)/t12-/m0/s1. The molecule has 34 heavy (non-hydrogen) atoms. The zero-order valence-corrected chi connectivity index (χ0v) is 20.0. The molecule has 1 heterocycles. The zero-order valence-electron chi connectivity index (χ0n) is 17.7. The molecule has 0 saturated carbocycles. The van der Waals surface area contributed by atoms with Gasteiger partial charge in [0, 0.05) is 22.6 Å². The molecule has 1 aliphatic heterocycles. The van der Waals surface area contributed by atoms with Gasteiger partial charge in [-0.25, -0.2) is 0 Å². The Hall–Kier alpha value is -3.51. The predicted molar refractivity (Wildman–Crippen MR) is 124 cm³/mol. The van der Waals surface area contributed by atoms with Crippen molar-refractivity contribution in [2.45, 2.75) is 13.3 Å². The van der Waals surface area contributed by atoms with E-state index in [0.29, 0.717) is 20.7 Å². The molecule has 1 saturated heterocycles. The second-order valence-electron chi connectivity index (χ2n) is 7.31. The summed E-state index contributed by atoms with van der Waals surface area (Å²) in [6, 6.07) is 8.56. The summed E-state index contributed by atoms with van der Waals surface area (Å²) in [6.07, 6.45) is -0.251. The van der Waals surface area contributed by atoms with Crippen LogP contribution in [0.5, 0.6) is 0 Å². The maximum Gasteiger partial charge on any atom is 0.311 e. The van der Waals surface area contributed by atoms with Crippen molar-refractivity contribution < 1.29 is 28.8 Å². The lowest BCUT2D eigenvalue weighted by molar-refractivity contribution is -0.385. The number of anilines is 1. The third-order valence-electron chi connectivity index (χ3n) is 5.00. The molecular formula is C21H18BrClN4O7. The molecule has 11 nitrogen and oxygen atoms in total. The number of nitro groups is 1. The van der Waals surface area contributed by atoms with E-state index in [9.17, 15) is 29.3 Å². The number of para-hydroxylation sites is 1. The molecule has 13 heteroatoms. The lowest BCUT2D eigenvalue weighted by Gasteiger charge is -2.17. The van der Waals surface area contributed by atoms with Gasteiger partial charge in [-0.15, -0.1) is 0 Å². The van der Waals surface area contributed by atoms with E-state index in [4.69, 9.17) is 16.3 Å². The molecule has 0 aromatic heterocycles. The van der Waals surface area contributed by atoms with Crippen LogP contribution in [0.15, 0.2) is 40.9 Å². The van der Waals surface area contributed by atoms with Gasteiger partial charge < -0.3 is 10.1 Å². The van der Waals surface area contributed by atoms with Crippen molar-refractivity contribution in [2.75, 3.05) is 18.5 Å². The van der Waals surface area contributed by atoms with Crippen LogP contribution in [0.1, 0.15) is 22.3 Å². The minimum atomic E-state index is -0.921. The minimum Gasteiger partial charge on any atom is -0.455 e. The lowest BCUT2D eigenvalue weighted by Crippen LogP contribution is -2.43. The predicted octanol–water partition coefficient (Wildman–Crippen LogP) is 2.99. The molecule has 2 aromatic carbocycles. The van der Waals surface area contributed by atoms with Crippen molar-refractivity contribution in [1.82, 2.24) is 10.4 Å². The maximum absolute atomic E-state index is 12.4. The highest BCUT2D eigenvalue weighted by Gasteiger charge is 2.37. The average Bonchev–Trinajstić information content (AvgIpc) is 3.17. The Balaban J connectivity index is 1.54. The van der Waals surface area contributed by atoms with E-state index in [0.717, 1.165) is 11.1 Å². The fourth-order valence-electron chi connectivity index (χ4n) is 3.21. The maximum atomic E-state index is 12.4. The second kappa shape index (κ2) is 10.6. The first-order chi connectivity index (χ1) is 16.1. The number of nitrogens with zero attached hydrogens (tertiary/aromatic N) is 2. The normalized spacial score (nSPS) is 15.1. The van der Waals surface area contributed by atoms with Gasteiger partial charge in [0.05, 0.1) is 22.4 Å². The third kappa shape index (κ3) is 5.69. The van der Waals surface area contributed by atoms with Gasteiger partial charge in [0.1, 0.15) is 5.56 Å². The molecule has 3 amide bonds. The minimum absolute atomic E-state index is 0.201. The van der Waals surface area contributed by atoms with Gasteiger partial charge in [0.2, 0.25) is 5.91 Å². The third-order valence-corrected chi connectivity index (χ3v) is 6.38. The summed E-state index contributed by atoms with van der Waals surface area (Å²) in [5.41, 5.74) is 2.70. The first-order valence-corrected chi connectivity index (χ1v) is 11.0. The fraction of sp³-hybridized carbons (Fsp3) is 0.238. The molecule has 1 atom stereocenters. The number of halogens is 2. The number of carbonyl (C=O) groups is 4. The van der Waals surface area contributed by atoms with Gasteiger partial charge >= 0.3 is 5.97 Å². The smallest absolute Gasteiger partial charge is 0.311 e. The van der Waals surface area contributed by atoms with E-state index >= 15 is 0 Å². The topological polar surface area (TPSA) is 148 Å². The van der Waals surface area contributed by atoms with E-state index in [2.05, 4.69) is 26.7 Å². The molecule has 178 valence electrons. The van der Waals surface area contributed by atoms with E-state index < -0.39 is 46.8 Å². The Labute approximate surface area is 206 Å². The van der Waals surface area contributed by atoms with Crippen LogP contribution in [0, 0.1) is 23.0 Å². The molecular weight excluding hydrogens is 536 g/mol. The molecule has 0 radical (unpaired) electrons. The summed E-state index contributed by atoms with van der Waals surface area (Å²) in [7, 11) is 0. The number of hydrogen-bond acceptors (Lipinski definition) is 7. The molecule has 1 fully saturated rings. The Morgan fingerprint density at radius 2 is 1.97 bits per heavy atom. The van der Waals surface area contributed by atoms with Gasteiger partial charge in [0.25, 0.3) is 17.5 Å². The lowest BCUT2D eigenvalue weighted by atomic mass is 10.1. The number of esters is 1. The first kappa shape index (κ1) is 25.1. The van der Waals surface area contributed by atoms with Gasteiger partial charge in [-0.2, -0.15) is 0 Å². The number of hydrazine groups is 1. The summed E-state index contributed by atoms with van der Waals surface area (Å²) in [4.78, 5) is 59.5. The summed E-state index contributed by atoms with van der Waals surface area (Å²) in [6.45, 7) is 0.929. The highest BCUT2D eigenvalue weighted by Crippen LogP contribution is 2.31. The van der Waals surface area contributed by atoms with Crippen LogP contribution in [0.2, 0.25) is 5.02 Å². The van der Waals surface area contributed by atoms with Crippen molar-refractivity contribution in [3.05, 3.63) is 67.1 Å². The van der Waals surface area contributed by atoms with Crippen molar-refractivity contribution in [2.24, 2.45) is 5.92 Å². The number of benzene rings is 2. The van der Waals surface area contributed by atoms with Crippen molar-refractivity contribution in [1.29, 1.82) is 0 Å². The largest absolute Gasteiger partial charge is 0.455 e. The van der Waals surface area contributed by atoms with E-state index in [1.165, 1.54) is 18.2 Å². The SMILES string of the molecule is Cc1c(NC(=O)COC(=O)[C@H]2CC(=O)N(NC(=O)c3ccccc3[N+](=O)[O-])C2)ccc(Br)c1Cl. The monoisotopic (exact) mass is 552 g/mol. The molecule has 0 aliphatic carbocycles. The van der Waals surface area contributed by atoms with Gasteiger partial charge in [0.15, 0.2) is 6.61 Å². The van der Waals surface area contributed by atoms with Gasteiger partial charge in [-0.1, -0.05) is 23.7 Å². The highest BCUT2D eigenvalue weighted by molar-refractivity contribution is 9.10. The van der Waals surface area contributed by atoms with E-state index in [1.54, 1.807) is 19.1 Å². The van der Waals surface area contributed by atoms with Crippen LogP contribution in [-0.2, 0) is 19.1 Å². The van der Waals surface area contributed by atoms with E-state index in [1.807, 2.05) is 0 Å². The summed E-state index contributed by atoms with van der Waals surface area (Å²) >= 11 is 9.40. The van der Waals surface area contributed by atoms with Gasteiger partial charge in [-0.3, -0.25) is 39.7 Å². The second-order valence-corrected chi connectivity index (χ2v) is 8.54.